The van der Waals surface area contributed by atoms with Crippen LogP contribution in [0.4, 0.5) is 5.82 Å². The summed E-state index contributed by atoms with van der Waals surface area (Å²) >= 11 is 0. The van der Waals surface area contributed by atoms with E-state index in [9.17, 15) is 0 Å². The normalized spacial score (nSPS) is 21.2. The van der Waals surface area contributed by atoms with Crippen LogP contribution >= 0.6 is 0 Å². The van der Waals surface area contributed by atoms with Gasteiger partial charge in [-0.2, -0.15) is 10.2 Å². The molecule has 0 aliphatic carbocycles. The van der Waals surface area contributed by atoms with Gasteiger partial charge in [0.1, 0.15) is 0 Å². The maximum absolute atomic E-state index is 4.13. The van der Waals surface area contributed by atoms with Gasteiger partial charge in [0.2, 0.25) is 0 Å². The Bertz CT molecular complexity index is 286. The molecular formula is C7H10N4. The van der Waals surface area contributed by atoms with Crippen LogP contribution in [0.5, 0.6) is 0 Å². The van der Waals surface area contributed by atoms with Crippen molar-refractivity contribution in [3.05, 3.63) is 12.3 Å². The molecule has 0 N–H and O–H groups in total. The van der Waals surface area contributed by atoms with E-state index in [2.05, 4.69) is 29.2 Å². The van der Waals surface area contributed by atoms with Crippen molar-refractivity contribution in [1.82, 2.24) is 9.78 Å². The van der Waals surface area contributed by atoms with E-state index in [0.29, 0.717) is 5.92 Å². The molecule has 4 heteroatoms. The molecule has 0 saturated carbocycles. The number of aromatic nitrogens is 2. The molecule has 11 heavy (non-hydrogen) atoms. The lowest BCUT2D eigenvalue weighted by molar-refractivity contribution is 0.374. The molecule has 0 saturated heterocycles. The Morgan fingerprint density at radius 1 is 1.55 bits per heavy atom. The maximum atomic E-state index is 4.13. The first-order valence-corrected chi connectivity index (χ1v) is 3.73. The van der Waals surface area contributed by atoms with Gasteiger partial charge in [0.15, 0.2) is 12.0 Å². The van der Waals surface area contributed by atoms with Gasteiger partial charge < -0.3 is 0 Å². The average Bonchev–Trinajstić information content (AvgIpc) is 2.41. The van der Waals surface area contributed by atoms with E-state index in [1.165, 1.54) is 0 Å². The van der Waals surface area contributed by atoms with Gasteiger partial charge in [-0.05, 0) is 5.92 Å². The summed E-state index contributed by atoms with van der Waals surface area (Å²) in [6.45, 7) is 4.22. The standard InChI is InChI=1S/C7H10N4/c1-5(2)7-10-9-6-3-4-8-11(6)7/h3-5,7H,1-2H3. The molecule has 1 atom stereocenters. The fraction of sp³-hybridized carbons (Fsp3) is 0.571. The summed E-state index contributed by atoms with van der Waals surface area (Å²) in [4.78, 5) is 0. The molecule has 0 bridgehead atoms. The van der Waals surface area contributed by atoms with Gasteiger partial charge in [0.05, 0.1) is 6.20 Å². The van der Waals surface area contributed by atoms with Crippen molar-refractivity contribution in [2.75, 3.05) is 0 Å². The molecule has 4 nitrogen and oxygen atoms in total. The van der Waals surface area contributed by atoms with E-state index < -0.39 is 0 Å². The molecule has 0 aromatic carbocycles. The van der Waals surface area contributed by atoms with Gasteiger partial charge in [-0.25, -0.2) is 4.68 Å². The van der Waals surface area contributed by atoms with Gasteiger partial charge in [-0.1, -0.05) is 13.8 Å². The van der Waals surface area contributed by atoms with Gasteiger partial charge in [0.25, 0.3) is 0 Å². The Morgan fingerprint density at radius 3 is 3.09 bits per heavy atom. The quantitative estimate of drug-likeness (QED) is 0.604. The van der Waals surface area contributed by atoms with Crippen molar-refractivity contribution in [3.8, 4) is 0 Å². The van der Waals surface area contributed by atoms with Crippen LogP contribution in [0.25, 0.3) is 0 Å². The molecule has 58 valence electrons. The number of hydrogen-bond acceptors (Lipinski definition) is 3. The zero-order valence-corrected chi connectivity index (χ0v) is 6.60. The number of fused-ring (bicyclic) bond motifs is 1. The van der Waals surface area contributed by atoms with Crippen LogP contribution in [0.2, 0.25) is 0 Å². The first-order chi connectivity index (χ1) is 5.29. The van der Waals surface area contributed by atoms with E-state index in [4.69, 9.17) is 0 Å². The predicted molar refractivity (Wildman–Crippen MR) is 40.6 cm³/mol. The molecule has 1 aliphatic rings. The highest BCUT2D eigenvalue weighted by Crippen LogP contribution is 2.31. The number of hydrogen-bond donors (Lipinski definition) is 0. The lowest BCUT2D eigenvalue weighted by Gasteiger charge is -2.10. The number of azo groups is 1. The van der Waals surface area contributed by atoms with E-state index in [-0.39, 0.29) is 6.17 Å². The molecule has 2 rings (SSSR count). The van der Waals surface area contributed by atoms with Crippen LogP contribution in [0.1, 0.15) is 20.0 Å². The fourth-order valence-electron chi connectivity index (χ4n) is 1.17. The molecule has 0 fully saturated rings. The number of nitrogens with zero attached hydrogens (tertiary/aromatic N) is 4. The smallest absolute Gasteiger partial charge is 0.174 e. The van der Waals surface area contributed by atoms with Crippen LogP contribution < -0.4 is 0 Å². The zero-order valence-electron chi connectivity index (χ0n) is 6.60. The molecule has 2 heterocycles. The molecule has 1 aromatic heterocycles. The summed E-state index contributed by atoms with van der Waals surface area (Å²) in [6, 6.07) is 1.87. The Labute approximate surface area is 64.9 Å². The minimum atomic E-state index is 0.111. The second kappa shape index (κ2) is 2.15. The minimum Gasteiger partial charge on any atom is -0.219 e. The minimum absolute atomic E-state index is 0.111. The van der Waals surface area contributed by atoms with Gasteiger partial charge in [-0.3, -0.25) is 0 Å². The Hall–Kier alpha value is -1.19. The topological polar surface area (TPSA) is 42.5 Å². The number of rotatable bonds is 1. The Balaban J connectivity index is 2.39. The first kappa shape index (κ1) is 6.52. The summed E-state index contributed by atoms with van der Waals surface area (Å²) in [5, 5.41) is 12.2. The third-order valence-electron chi connectivity index (χ3n) is 1.77. The molecule has 1 unspecified atom stereocenters. The second-order valence-electron chi connectivity index (χ2n) is 3.01. The highest BCUT2D eigenvalue weighted by atomic mass is 15.5. The Morgan fingerprint density at radius 2 is 2.36 bits per heavy atom. The summed E-state index contributed by atoms with van der Waals surface area (Å²) in [5.74, 6) is 1.32. The van der Waals surface area contributed by atoms with Crippen LogP contribution in [-0.2, 0) is 0 Å². The van der Waals surface area contributed by atoms with Gasteiger partial charge in [-0.15, -0.1) is 5.11 Å². The van der Waals surface area contributed by atoms with Crippen LogP contribution in [0, 0.1) is 5.92 Å². The fourth-order valence-corrected chi connectivity index (χ4v) is 1.17. The van der Waals surface area contributed by atoms with E-state index in [0.717, 1.165) is 5.82 Å². The molecule has 0 radical (unpaired) electrons. The second-order valence-corrected chi connectivity index (χ2v) is 3.01. The monoisotopic (exact) mass is 150 g/mol. The summed E-state index contributed by atoms with van der Waals surface area (Å²) < 4.78 is 1.85. The van der Waals surface area contributed by atoms with Crippen LogP contribution in [0.3, 0.4) is 0 Å². The molecule has 1 aromatic rings. The third-order valence-corrected chi connectivity index (χ3v) is 1.77. The van der Waals surface area contributed by atoms with Gasteiger partial charge >= 0.3 is 0 Å². The summed E-state index contributed by atoms with van der Waals surface area (Å²) in [7, 11) is 0. The van der Waals surface area contributed by atoms with Crippen molar-refractivity contribution >= 4 is 5.82 Å². The average molecular weight is 150 g/mol. The van der Waals surface area contributed by atoms with Crippen molar-refractivity contribution < 1.29 is 0 Å². The summed E-state index contributed by atoms with van der Waals surface area (Å²) in [5.41, 5.74) is 0. The molecular weight excluding hydrogens is 140 g/mol. The summed E-state index contributed by atoms with van der Waals surface area (Å²) in [6.07, 6.45) is 1.86. The first-order valence-electron chi connectivity index (χ1n) is 3.73. The highest BCUT2D eigenvalue weighted by Gasteiger charge is 2.22. The Kier molecular flexibility index (Phi) is 1.27. The van der Waals surface area contributed by atoms with E-state index in [1.807, 2.05) is 10.7 Å². The molecule has 0 spiro atoms. The maximum Gasteiger partial charge on any atom is 0.174 e. The zero-order chi connectivity index (χ0) is 7.84. The third kappa shape index (κ3) is 0.859. The van der Waals surface area contributed by atoms with Crippen molar-refractivity contribution in [2.45, 2.75) is 20.0 Å². The van der Waals surface area contributed by atoms with E-state index in [1.54, 1.807) is 6.20 Å². The largest absolute Gasteiger partial charge is 0.219 e. The van der Waals surface area contributed by atoms with Crippen LogP contribution in [0.15, 0.2) is 22.5 Å². The SMILES string of the molecule is CC(C)C1N=Nc2ccnn21. The van der Waals surface area contributed by atoms with E-state index >= 15 is 0 Å². The lowest BCUT2D eigenvalue weighted by Crippen LogP contribution is -2.10. The van der Waals surface area contributed by atoms with Crippen molar-refractivity contribution in [3.63, 3.8) is 0 Å². The van der Waals surface area contributed by atoms with Crippen LogP contribution in [-0.4, -0.2) is 9.78 Å². The van der Waals surface area contributed by atoms with Gasteiger partial charge in [0, 0.05) is 6.07 Å². The molecule has 0 amide bonds. The highest BCUT2D eigenvalue weighted by molar-refractivity contribution is 5.27. The molecule has 1 aliphatic heterocycles. The van der Waals surface area contributed by atoms with Crippen molar-refractivity contribution in [1.29, 1.82) is 0 Å². The lowest BCUT2D eigenvalue weighted by atomic mass is 10.2. The van der Waals surface area contributed by atoms with Crippen molar-refractivity contribution in [2.24, 2.45) is 16.1 Å². The predicted octanol–water partition coefficient (Wildman–Crippen LogP) is 2.13.